The van der Waals surface area contributed by atoms with Gasteiger partial charge >= 0.3 is 0 Å². The van der Waals surface area contributed by atoms with E-state index < -0.39 is 0 Å². The van der Waals surface area contributed by atoms with Crippen LogP contribution in [-0.2, 0) is 0 Å². The van der Waals surface area contributed by atoms with E-state index in [1.807, 2.05) is 5.57 Å². The van der Waals surface area contributed by atoms with Gasteiger partial charge in [0.25, 0.3) is 0 Å². The highest BCUT2D eigenvalue weighted by atomic mass is 14.6. The third-order valence-electron chi connectivity index (χ3n) is 6.85. The second-order valence-electron chi connectivity index (χ2n) is 7.43. The van der Waals surface area contributed by atoms with Crippen LogP contribution in [0.15, 0.2) is 29.4 Å². The van der Waals surface area contributed by atoms with Gasteiger partial charge in [0, 0.05) is 0 Å². The lowest BCUT2D eigenvalue weighted by molar-refractivity contribution is 0.0626. The second kappa shape index (κ2) is 4.11. The molecule has 0 heteroatoms. The van der Waals surface area contributed by atoms with Crippen molar-refractivity contribution in [3.05, 3.63) is 35.5 Å². The molecule has 0 N–H and O–H groups in total. The van der Waals surface area contributed by atoms with Crippen LogP contribution in [0.3, 0.4) is 0 Å². The largest absolute Gasteiger partial charge is 0.0993 e. The van der Waals surface area contributed by atoms with Crippen molar-refractivity contribution in [2.75, 3.05) is 0 Å². The van der Waals surface area contributed by atoms with E-state index >= 15 is 0 Å². The average Bonchev–Trinajstić information content (AvgIpc) is 2.75. The summed E-state index contributed by atoms with van der Waals surface area (Å²) in [5.41, 5.74) is 5.63. The number of fused-ring (bicyclic) bond motifs is 4. The van der Waals surface area contributed by atoms with Crippen molar-refractivity contribution in [1.82, 2.24) is 0 Å². The Hall–Kier alpha value is -0.780. The molecule has 0 unspecified atom stereocenters. The van der Waals surface area contributed by atoms with Crippen molar-refractivity contribution in [3.8, 4) is 0 Å². The number of hydrogen-bond acceptors (Lipinski definition) is 0. The Morgan fingerprint density at radius 3 is 3.05 bits per heavy atom. The van der Waals surface area contributed by atoms with Gasteiger partial charge < -0.3 is 0 Å². The predicted octanol–water partition coefficient (Wildman–Crippen LogP) is 5.23. The van der Waals surface area contributed by atoms with Crippen molar-refractivity contribution < 1.29 is 0 Å². The van der Waals surface area contributed by atoms with Gasteiger partial charge in [-0.05, 0) is 80.6 Å². The lowest BCUT2D eigenvalue weighted by atomic mass is 9.54. The lowest BCUT2D eigenvalue weighted by Gasteiger charge is -2.50. The zero-order valence-electron chi connectivity index (χ0n) is 12.2. The highest BCUT2D eigenvalue weighted by Crippen LogP contribution is 2.62. The molecule has 4 aliphatic carbocycles. The fourth-order valence-electron chi connectivity index (χ4n) is 5.67. The topological polar surface area (TPSA) is 0 Å². The molecule has 0 bridgehead atoms. The average molecular weight is 253 g/mol. The van der Waals surface area contributed by atoms with E-state index in [1.165, 1.54) is 44.9 Å². The van der Waals surface area contributed by atoms with E-state index in [9.17, 15) is 0 Å². The summed E-state index contributed by atoms with van der Waals surface area (Å²) in [5.74, 6) is 2.80. The Balaban J connectivity index is 1.68. The van der Waals surface area contributed by atoms with E-state index in [0.29, 0.717) is 5.41 Å². The molecule has 0 aromatic carbocycles. The van der Waals surface area contributed by atoms with Gasteiger partial charge in [-0.25, -0.2) is 0 Å². The van der Waals surface area contributed by atoms with Crippen molar-refractivity contribution in [1.29, 1.82) is 0 Å². The number of rotatable bonds is 0. The van der Waals surface area contributed by atoms with Gasteiger partial charge in [0.1, 0.15) is 0 Å². The van der Waals surface area contributed by atoms with Crippen LogP contribution in [0, 0.1) is 29.2 Å². The minimum absolute atomic E-state index is 0.482. The van der Waals surface area contributed by atoms with Crippen LogP contribution in [0.25, 0.3) is 0 Å². The molecule has 0 spiro atoms. The molecule has 4 atom stereocenters. The monoisotopic (exact) mass is 253 g/mol. The molecule has 19 heavy (non-hydrogen) atoms. The van der Waals surface area contributed by atoms with Gasteiger partial charge in [0.05, 0.1) is 0 Å². The van der Waals surface area contributed by atoms with Gasteiger partial charge in [-0.2, -0.15) is 0 Å². The molecule has 0 heterocycles. The van der Waals surface area contributed by atoms with Crippen LogP contribution in [0.5, 0.6) is 0 Å². The van der Waals surface area contributed by atoms with Crippen molar-refractivity contribution in [3.63, 3.8) is 0 Å². The molecule has 2 fully saturated rings. The van der Waals surface area contributed by atoms with Crippen LogP contribution < -0.4 is 0 Å². The fraction of sp³-hybridized carbons (Fsp3) is 0.684. The van der Waals surface area contributed by atoms with Crippen molar-refractivity contribution in [2.24, 2.45) is 23.2 Å². The SMILES string of the molecule is C=C1CC[C@H]2[C@@H]3CCC4=C(CC=[C]C4)[C@H]3CC[C@]12C. The molecule has 101 valence electrons. The summed E-state index contributed by atoms with van der Waals surface area (Å²) in [5, 5.41) is 0. The smallest absolute Gasteiger partial charge is 0.00645 e. The molecule has 4 rings (SSSR count). The molecule has 0 aromatic rings. The first-order chi connectivity index (χ1) is 9.20. The Labute approximate surface area is 117 Å². The highest BCUT2D eigenvalue weighted by molar-refractivity contribution is 5.31. The number of hydrogen-bond donors (Lipinski definition) is 0. The van der Waals surface area contributed by atoms with Crippen molar-refractivity contribution in [2.45, 2.75) is 58.3 Å². The summed E-state index contributed by atoms with van der Waals surface area (Å²) in [7, 11) is 0. The normalized spacial score (nSPS) is 44.9. The molecular formula is C19H25. The van der Waals surface area contributed by atoms with Crippen LogP contribution in [-0.4, -0.2) is 0 Å². The molecule has 0 aliphatic heterocycles. The summed E-state index contributed by atoms with van der Waals surface area (Å²) >= 11 is 0. The minimum Gasteiger partial charge on any atom is -0.0993 e. The molecule has 4 aliphatic rings. The van der Waals surface area contributed by atoms with Gasteiger partial charge in [-0.1, -0.05) is 36.3 Å². The van der Waals surface area contributed by atoms with Gasteiger partial charge in [0.2, 0.25) is 0 Å². The Bertz CT molecular complexity index is 478. The van der Waals surface area contributed by atoms with Crippen molar-refractivity contribution >= 4 is 0 Å². The number of allylic oxidation sites excluding steroid dienone is 5. The minimum atomic E-state index is 0.482. The summed E-state index contributed by atoms with van der Waals surface area (Å²) in [6.07, 6.45) is 16.4. The molecule has 0 aromatic heterocycles. The molecule has 2 saturated carbocycles. The van der Waals surface area contributed by atoms with Crippen LogP contribution in [0.4, 0.5) is 0 Å². The molecule has 0 nitrogen and oxygen atoms in total. The molecular weight excluding hydrogens is 228 g/mol. The first-order valence-electron chi connectivity index (χ1n) is 8.14. The third-order valence-corrected chi connectivity index (χ3v) is 6.85. The summed E-state index contributed by atoms with van der Waals surface area (Å²) in [6.45, 7) is 6.92. The Kier molecular flexibility index (Phi) is 2.59. The first kappa shape index (κ1) is 12.0. The van der Waals surface area contributed by atoms with Gasteiger partial charge in [-0.3, -0.25) is 0 Å². The van der Waals surface area contributed by atoms with E-state index in [4.69, 9.17) is 0 Å². The predicted molar refractivity (Wildman–Crippen MR) is 79.5 cm³/mol. The summed E-state index contributed by atoms with van der Waals surface area (Å²) in [6, 6.07) is 0. The molecule has 0 amide bonds. The maximum absolute atomic E-state index is 4.40. The quantitative estimate of drug-likeness (QED) is 0.519. The molecule has 1 radical (unpaired) electrons. The lowest BCUT2D eigenvalue weighted by Crippen LogP contribution is -2.41. The second-order valence-corrected chi connectivity index (χ2v) is 7.43. The Morgan fingerprint density at radius 2 is 2.16 bits per heavy atom. The maximum atomic E-state index is 4.40. The van der Waals surface area contributed by atoms with E-state index in [1.54, 1.807) is 11.1 Å². The third kappa shape index (κ3) is 1.58. The van der Waals surface area contributed by atoms with Crippen LogP contribution in [0.1, 0.15) is 58.3 Å². The fourth-order valence-corrected chi connectivity index (χ4v) is 5.67. The summed E-state index contributed by atoms with van der Waals surface area (Å²) in [4.78, 5) is 0. The van der Waals surface area contributed by atoms with Crippen LogP contribution in [0.2, 0.25) is 0 Å². The van der Waals surface area contributed by atoms with Gasteiger partial charge in [0.15, 0.2) is 0 Å². The Morgan fingerprint density at radius 1 is 1.26 bits per heavy atom. The van der Waals surface area contributed by atoms with Gasteiger partial charge in [-0.15, -0.1) is 0 Å². The van der Waals surface area contributed by atoms with E-state index in [2.05, 4.69) is 25.7 Å². The zero-order chi connectivity index (χ0) is 13.0. The zero-order valence-corrected chi connectivity index (χ0v) is 12.2. The standard InChI is InChI=1S/C19H25/c1-13-7-10-18-17-9-8-14-5-3-4-6-15(14)16(17)11-12-19(13,18)2/h4,16-18H,1,5-12H2,2H3/t16-,17-,18+,19-/m1/s1. The highest BCUT2D eigenvalue weighted by Gasteiger charge is 2.52. The van der Waals surface area contributed by atoms with Crippen LogP contribution >= 0.6 is 0 Å². The maximum Gasteiger partial charge on any atom is -0.00645 e. The van der Waals surface area contributed by atoms with E-state index in [-0.39, 0.29) is 0 Å². The molecule has 0 saturated heterocycles. The summed E-state index contributed by atoms with van der Waals surface area (Å²) < 4.78 is 0. The first-order valence-corrected chi connectivity index (χ1v) is 8.14. The van der Waals surface area contributed by atoms with E-state index in [0.717, 1.165) is 24.2 Å².